The zero-order valence-corrected chi connectivity index (χ0v) is 8.22. The summed E-state index contributed by atoms with van der Waals surface area (Å²) in [4.78, 5) is 0. The van der Waals surface area contributed by atoms with Crippen molar-refractivity contribution >= 4 is 21.6 Å². The summed E-state index contributed by atoms with van der Waals surface area (Å²) in [7, 11) is 2.73. The highest BCUT2D eigenvalue weighted by atomic mass is 33.1. The first-order valence-electron chi connectivity index (χ1n) is 3.53. The van der Waals surface area contributed by atoms with E-state index in [-0.39, 0.29) is 13.2 Å². The number of aliphatic hydroxyl groups excluding tert-OH is 4. The van der Waals surface area contributed by atoms with E-state index < -0.39 is 12.2 Å². The van der Waals surface area contributed by atoms with Gasteiger partial charge in [0, 0.05) is 11.5 Å². The first-order chi connectivity index (χ1) is 5.70. The fourth-order valence-corrected chi connectivity index (χ4v) is 2.60. The van der Waals surface area contributed by atoms with E-state index in [1.165, 1.54) is 21.6 Å². The van der Waals surface area contributed by atoms with Gasteiger partial charge in [-0.2, -0.15) is 0 Å². The first kappa shape index (κ1) is 12.5. The van der Waals surface area contributed by atoms with Crippen molar-refractivity contribution in [2.75, 3.05) is 24.7 Å². The third-order valence-corrected chi connectivity index (χ3v) is 3.55. The first-order valence-corrected chi connectivity index (χ1v) is 6.01. The molecule has 0 aliphatic heterocycles. The monoisotopic (exact) mass is 214 g/mol. The lowest BCUT2D eigenvalue weighted by Crippen LogP contribution is -2.16. The molecule has 0 unspecified atom stereocenters. The van der Waals surface area contributed by atoms with Gasteiger partial charge in [-0.25, -0.2) is 0 Å². The van der Waals surface area contributed by atoms with Crippen LogP contribution in [0.3, 0.4) is 0 Å². The Morgan fingerprint density at radius 1 is 0.833 bits per heavy atom. The van der Waals surface area contributed by atoms with Crippen LogP contribution < -0.4 is 0 Å². The van der Waals surface area contributed by atoms with Crippen molar-refractivity contribution in [3.8, 4) is 0 Å². The van der Waals surface area contributed by atoms with Gasteiger partial charge in [0.05, 0.1) is 25.4 Å². The Hall–Kier alpha value is 0.540. The largest absolute Gasteiger partial charge is 0.394 e. The Bertz CT molecular complexity index is 91.5. The van der Waals surface area contributed by atoms with Gasteiger partial charge >= 0.3 is 0 Å². The second-order valence-corrected chi connectivity index (χ2v) is 4.79. The van der Waals surface area contributed by atoms with Crippen molar-refractivity contribution in [3.63, 3.8) is 0 Å². The molecule has 0 aromatic carbocycles. The van der Waals surface area contributed by atoms with Crippen LogP contribution in [0.5, 0.6) is 0 Å². The molecule has 74 valence electrons. The molecule has 0 heterocycles. The molecule has 0 bridgehead atoms. The minimum absolute atomic E-state index is 0.240. The topological polar surface area (TPSA) is 80.9 Å². The average molecular weight is 214 g/mol. The third-order valence-electron chi connectivity index (χ3n) is 1.03. The normalized spacial score (nSPS) is 16.0. The van der Waals surface area contributed by atoms with E-state index in [1.807, 2.05) is 0 Å². The molecule has 0 amide bonds. The minimum atomic E-state index is -0.700. The number of aliphatic hydroxyl groups is 4. The molecule has 0 spiro atoms. The molecule has 0 fully saturated rings. The Labute approximate surface area is 79.4 Å². The maximum Gasteiger partial charge on any atom is 0.0869 e. The van der Waals surface area contributed by atoms with E-state index in [2.05, 4.69) is 0 Å². The molecule has 0 rings (SSSR count). The van der Waals surface area contributed by atoms with Crippen molar-refractivity contribution in [1.29, 1.82) is 0 Å². The molecule has 4 nitrogen and oxygen atoms in total. The van der Waals surface area contributed by atoms with Crippen LogP contribution in [-0.4, -0.2) is 57.4 Å². The quantitative estimate of drug-likeness (QED) is 0.324. The predicted octanol–water partition coefficient (Wildman–Crippen LogP) is -0.926. The molecule has 12 heavy (non-hydrogen) atoms. The van der Waals surface area contributed by atoms with Gasteiger partial charge in [0.15, 0.2) is 0 Å². The Balaban J connectivity index is 3.10. The zero-order valence-electron chi connectivity index (χ0n) is 6.59. The summed E-state index contributed by atoms with van der Waals surface area (Å²) in [5.74, 6) is 0.860. The molecule has 6 heteroatoms. The second kappa shape index (κ2) is 8.15. The van der Waals surface area contributed by atoms with Gasteiger partial charge in [-0.1, -0.05) is 21.6 Å². The summed E-state index contributed by atoms with van der Waals surface area (Å²) in [6.07, 6.45) is -1.40. The van der Waals surface area contributed by atoms with Gasteiger partial charge in [0.2, 0.25) is 0 Å². The summed E-state index contributed by atoms with van der Waals surface area (Å²) in [5.41, 5.74) is 0. The maximum absolute atomic E-state index is 8.88. The molecule has 0 aliphatic carbocycles. The van der Waals surface area contributed by atoms with Crippen molar-refractivity contribution in [2.24, 2.45) is 0 Å². The molecule has 0 aliphatic rings. The molecular formula is C6H14O4S2. The Morgan fingerprint density at radius 2 is 1.17 bits per heavy atom. The van der Waals surface area contributed by atoms with E-state index in [1.54, 1.807) is 0 Å². The van der Waals surface area contributed by atoms with Crippen LogP contribution in [0.2, 0.25) is 0 Å². The summed E-state index contributed by atoms with van der Waals surface area (Å²) in [6.45, 7) is -0.480. The van der Waals surface area contributed by atoms with Crippen LogP contribution in [0.25, 0.3) is 0 Å². The fourth-order valence-electron chi connectivity index (χ4n) is 0.359. The SMILES string of the molecule is OC[C@@H](O)CSSC[C@H](O)CO. The van der Waals surface area contributed by atoms with Gasteiger partial charge in [-0.05, 0) is 0 Å². The predicted molar refractivity (Wildman–Crippen MR) is 51.1 cm³/mol. The van der Waals surface area contributed by atoms with Crippen molar-refractivity contribution in [3.05, 3.63) is 0 Å². The summed E-state index contributed by atoms with van der Waals surface area (Å²) in [6, 6.07) is 0. The zero-order chi connectivity index (χ0) is 9.40. The molecule has 0 saturated carbocycles. The van der Waals surface area contributed by atoms with Crippen molar-refractivity contribution in [2.45, 2.75) is 12.2 Å². The lowest BCUT2D eigenvalue weighted by molar-refractivity contribution is 0.113. The lowest BCUT2D eigenvalue weighted by Gasteiger charge is -2.07. The maximum atomic E-state index is 8.88. The summed E-state index contributed by atoms with van der Waals surface area (Å²) in [5, 5.41) is 34.6. The van der Waals surface area contributed by atoms with E-state index in [0.29, 0.717) is 11.5 Å². The highest BCUT2D eigenvalue weighted by molar-refractivity contribution is 8.76. The second-order valence-electron chi connectivity index (χ2n) is 2.24. The van der Waals surface area contributed by atoms with E-state index >= 15 is 0 Å². The van der Waals surface area contributed by atoms with Crippen LogP contribution in [0, 0.1) is 0 Å². The molecular weight excluding hydrogens is 200 g/mol. The van der Waals surface area contributed by atoms with Crippen molar-refractivity contribution in [1.82, 2.24) is 0 Å². The van der Waals surface area contributed by atoms with Gasteiger partial charge in [-0.3, -0.25) is 0 Å². The van der Waals surface area contributed by atoms with Crippen LogP contribution in [0.4, 0.5) is 0 Å². The summed E-state index contributed by atoms with van der Waals surface area (Å²) < 4.78 is 0. The van der Waals surface area contributed by atoms with Crippen LogP contribution in [0.1, 0.15) is 0 Å². The molecule has 0 aromatic heterocycles. The Morgan fingerprint density at radius 3 is 1.42 bits per heavy atom. The van der Waals surface area contributed by atoms with Crippen LogP contribution in [-0.2, 0) is 0 Å². The summed E-state index contributed by atoms with van der Waals surface area (Å²) >= 11 is 0. The van der Waals surface area contributed by atoms with Gasteiger partial charge in [0.1, 0.15) is 0 Å². The van der Waals surface area contributed by atoms with Crippen molar-refractivity contribution < 1.29 is 20.4 Å². The van der Waals surface area contributed by atoms with Gasteiger partial charge < -0.3 is 20.4 Å². The van der Waals surface area contributed by atoms with E-state index in [9.17, 15) is 0 Å². The van der Waals surface area contributed by atoms with E-state index in [0.717, 1.165) is 0 Å². The molecule has 4 N–H and O–H groups in total. The lowest BCUT2D eigenvalue weighted by atomic mass is 10.4. The van der Waals surface area contributed by atoms with Crippen LogP contribution >= 0.6 is 21.6 Å². The minimum Gasteiger partial charge on any atom is -0.394 e. The number of hydrogen-bond acceptors (Lipinski definition) is 6. The number of rotatable bonds is 7. The Kier molecular flexibility index (Phi) is 8.52. The third kappa shape index (κ3) is 7.20. The molecule has 2 atom stereocenters. The highest BCUT2D eigenvalue weighted by Crippen LogP contribution is 2.22. The standard InChI is InChI=1S/C6H14O4S2/c7-1-5(9)3-11-12-4-6(10)2-8/h5-10H,1-4H2/t5-,6-/m1/s1. The average Bonchev–Trinajstić information content (AvgIpc) is 2.11. The smallest absolute Gasteiger partial charge is 0.0869 e. The van der Waals surface area contributed by atoms with Gasteiger partial charge in [0.25, 0.3) is 0 Å². The van der Waals surface area contributed by atoms with Crippen LogP contribution in [0.15, 0.2) is 0 Å². The van der Waals surface area contributed by atoms with E-state index in [4.69, 9.17) is 20.4 Å². The van der Waals surface area contributed by atoms with Gasteiger partial charge in [-0.15, -0.1) is 0 Å². The fraction of sp³-hybridized carbons (Fsp3) is 1.00. The molecule has 0 radical (unpaired) electrons. The molecule has 0 aromatic rings. The highest BCUT2D eigenvalue weighted by Gasteiger charge is 2.04. The number of hydrogen-bond donors (Lipinski definition) is 4. The molecule has 0 saturated heterocycles.